The molecule has 0 spiro atoms. The van der Waals surface area contributed by atoms with Gasteiger partial charge in [-0.15, -0.1) is 20.4 Å². The Morgan fingerprint density at radius 2 is 1.03 bits per heavy atom. The van der Waals surface area contributed by atoms with Crippen molar-refractivity contribution in [3.05, 3.63) is 124 Å². The van der Waals surface area contributed by atoms with Crippen LogP contribution in [0.5, 0.6) is 5.75 Å². The number of tetrazole rings is 2. The van der Waals surface area contributed by atoms with Crippen LogP contribution in [0.1, 0.15) is 49.2 Å². The highest BCUT2D eigenvalue weighted by Gasteiger charge is 2.30. The lowest BCUT2D eigenvalue weighted by Crippen LogP contribution is -2.39. The Kier molecular flexibility index (Phi) is 14.3. The molecule has 0 atom stereocenters. The number of aromatic nitrogens is 8. The van der Waals surface area contributed by atoms with Gasteiger partial charge in [0.15, 0.2) is 0 Å². The minimum Gasteiger partial charge on any atom is -0.497 e. The third-order valence-corrected chi connectivity index (χ3v) is 9.65. The van der Waals surface area contributed by atoms with E-state index in [-0.39, 0.29) is 18.4 Å². The summed E-state index contributed by atoms with van der Waals surface area (Å²) in [4.78, 5) is 39.7. The van der Waals surface area contributed by atoms with Crippen LogP contribution in [0.15, 0.2) is 97.1 Å². The highest BCUT2D eigenvalue weighted by molar-refractivity contribution is 6.31. The number of methoxy groups -OCH3 is 2. The maximum absolute atomic E-state index is 12.7. The van der Waals surface area contributed by atoms with E-state index in [4.69, 9.17) is 27.9 Å². The fourth-order valence-electron chi connectivity index (χ4n) is 5.43. The van der Waals surface area contributed by atoms with E-state index < -0.39 is 16.8 Å². The van der Waals surface area contributed by atoms with E-state index in [1.165, 1.54) is 16.7 Å². The molecule has 2 aromatic heterocycles. The normalized spacial score (nSPS) is 11.2. The molecule has 0 aliphatic rings. The second kappa shape index (κ2) is 19.3. The summed E-state index contributed by atoms with van der Waals surface area (Å²) in [5.41, 5.74) is 2.19. The third kappa shape index (κ3) is 11.4. The first-order valence-electron chi connectivity index (χ1n) is 18.1. The molecule has 302 valence electrons. The number of benzene rings is 4. The van der Waals surface area contributed by atoms with Gasteiger partial charge in [0.1, 0.15) is 5.75 Å². The average molecular weight is 828 g/mol. The molecule has 6 rings (SSSR count). The zero-order valence-electron chi connectivity index (χ0n) is 32.9. The van der Waals surface area contributed by atoms with Gasteiger partial charge < -0.3 is 20.1 Å². The highest BCUT2D eigenvalue weighted by atomic mass is 35.5. The molecule has 0 bridgehead atoms. The van der Waals surface area contributed by atoms with Gasteiger partial charge >= 0.3 is 5.97 Å². The monoisotopic (exact) mass is 826 g/mol. The molecule has 17 heteroatoms. The number of amides is 2. The Morgan fingerprint density at radius 1 is 0.621 bits per heavy atom. The smallest absolute Gasteiger partial charge is 0.337 e. The Labute approximate surface area is 346 Å². The number of carbonyl (C=O) groups excluding carboxylic acids is 3. The van der Waals surface area contributed by atoms with Crippen LogP contribution < -0.4 is 15.4 Å². The molecular weight excluding hydrogens is 783 g/mol. The molecule has 2 heterocycles. The van der Waals surface area contributed by atoms with Gasteiger partial charge in [0, 0.05) is 34.3 Å². The minimum absolute atomic E-state index is 0.115. The molecule has 0 unspecified atom stereocenters. The van der Waals surface area contributed by atoms with E-state index in [0.717, 1.165) is 22.4 Å². The molecule has 0 saturated carbocycles. The topological polar surface area (TPSA) is 181 Å². The van der Waals surface area contributed by atoms with E-state index in [9.17, 15) is 14.4 Å². The van der Waals surface area contributed by atoms with Crippen LogP contribution in [0, 0.1) is 10.8 Å². The predicted molar refractivity (Wildman–Crippen MR) is 219 cm³/mol. The van der Waals surface area contributed by atoms with Crippen molar-refractivity contribution < 1.29 is 23.9 Å². The van der Waals surface area contributed by atoms with Crippen LogP contribution in [0.25, 0.3) is 22.8 Å². The number of ether oxygens (including phenoxy) is 2. The maximum Gasteiger partial charge on any atom is 0.337 e. The van der Waals surface area contributed by atoms with Gasteiger partial charge in [0.05, 0.1) is 43.7 Å². The SMILES string of the molecule is COC(=O)c1ccc(-c2nnn(CC(C)(C)C(=O)NCc3ccccc3Cl)n2)cc1.COc1ccc(-c2nnn(CC(C)(C)C(=O)NCc3ccccc3Cl)n2)cc1. The fourth-order valence-corrected chi connectivity index (χ4v) is 5.83. The summed E-state index contributed by atoms with van der Waals surface area (Å²) in [6, 6.07) is 28.9. The van der Waals surface area contributed by atoms with Crippen LogP contribution >= 0.6 is 23.2 Å². The number of halogens is 2. The summed E-state index contributed by atoms with van der Waals surface area (Å²) in [7, 11) is 2.94. The number of nitrogens with zero attached hydrogens (tertiary/aromatic N) is 8. The first-order chi connectivity index (χ1) is 27.7. The number of nitrogens with one attached hydrogen (secondary N) is 2. The Morgan fingerprint density at radius 3 is 1.43 bits per heavy atom. The van der Waals surface area contributed by atoms with Gasteiger partial charge in [-0.1, -0.05) is 71.7 Å². The summed E-state index contributed by atoms with van der Waals surface area (Å²) in [6.45, 7) is 8.54. The van der Waals surface area contributed by atoms with Crippen LogP contribution in [0.3, 0.4) is 0 Å². The van der Waals surface area contributed by atoms with Crippen LogP contribution in [-0.2, 0) is 40.5 Å². The first-order valence-corrected chi connectivity index (χ1v) is 18.9. The van der Waals surface area contributed by atoms with Gasteiger partial charge in [0.25, 0.3) is 0 Å². The zero-order chi connectivity index (χ0) is 41.9. The van der Waals surface area contributed by atoms with Crippen LogP contribution in [0.4, 0.5) is 0 Å². The lowest BCUT2D eigenvalue weighted by molar-refractivity contribution is -0.131. The summed E-state index contributed by atoms with van der Waals surface area (Å²) in [5.74, 6) is 0.975. The van der Waals surface area contributed by atoms with Crippen molar-refractivity contribution >= 4 is 41.0 Å². The zero-order valence-corrected chi connectivity index (χ0v) is 34.5. The first kappa shape index (κ1) is 42.9. The van der Waals surface area contributed by atoms with E-state index in [1.54, 1.807) is 43.5 Å². The summed E-state index contributed by atoms with van der Waals surface area (Å²) < 4.78 is 9.84. The lowest BCUT2D eigenvalue weighted by Gasteiger charge is -2.22. The Bertz CT molecular complexity index is 2330. The average Bonchev–Trinajstić information content (AvgIpc) is 3.89. The Balaban J connectivity index is 0.000000221. The van der Waals surface area contributed by atoms with E-state index >= 15 is 0 Å². The molecule has 0 radical (unpaired) electrons. The number of hydrogen-bond donors (Lipinski definition) is 2. The maximum atomic E-state index is 12.7. The van der Waals surface area contributed by atoms with Gasteiger partial charge in [-0.05, 0) is 97.8 Å². The van der Waals surface area contributed by atoms with Crippen LogP contribution in [0.2, 0.25) is 10.0 Å². The summed E-state index contributed by atoms with van der Waals surface area (Å²) in [5, 5.41) is 32.1. The minimum atomic E-state index is -0.770. The van der Waals surface area contributed by atoms with Crippen LogP contribution in [-0.4, -0.2) is 72.4 Å². The quantitative estimate of drug-likeness (QED) is 0.115. The molecular formula is C41H44Cl2N10O5. The van der Waals surface area contributed by atoms with Crippen molar-refractivity contribution in [3.8, 4) is 28.5 Å². The molecule has 0 saturated heterocycles. The van der Waals surface area contributed by atoms with Gasteiger partial charge in [0.2, 0.25) is 23.5 Å². The van der Waals surface area contributed by atoms with Gasteiger partial charge in [-0.25, -0.2) is 4.79 Å². The standard InChI is InChI=1S/C21H22ClN5O3.C20H22ClN5O2/c1-21(2,20(29)23-12-16-6-4-5-7-17(16)22)13-27-25-18(24-26-27)14-8-10-15(11-9-14)19(28)30-3;1-20(2,19(27)22-12-15-6-4-5-7-17(15)21)13-26-24-18(23-25-26)14-8-10-16(28-3)11-9-14/h4-11H,12-13H2,1-3H3,(H,23,29);4-11H,12-13H2,1-3H3,(H,22,27). The third-order valence-electron chi connectivity index (χ3n) is 8.92. The second-order valence-corrected chi connectivity index (χ2v) is 15.2. The van der Waals surface area contributed by atoms with Gasteiger partial charge in [-0.3, -0.25) is 9.59 Å². The number of carbonyl (C=O) groups is 3. The predicted octanol–water partition coefficient (Wildman–Crippen LogP) is 6.47. The van der Waals surface area contributed by atoms with Crippen molar-refractivity contribution in [2.45, 2.75) is 53.9 Å². The second-order valence-electron chi connectivity index (χ2n) is 14.4. The molecule has 6 aromatic rings. The van der Waals surface area contributed by atoms with Crippen molar-refractivity contribution in [1.82, 2.24) is 51.0 Å². The molecule has 58 heavy (non-hydrogen) atoms. The van der Waals surface area contributed by atoms with E-state index in [2.05, 4.69) is 46.2 Å². The van der Waals surface area contributed by atoms with Crippen molar-refractivity contribution in [2.24, 2.45) is 10.8 Å². The van der Waals surface area contributed by atoms with E-state index in [0.29, 0.717) is 52.5 Å². The molecule has 4 aromatic carbocycles. The fraction of sp³-hybridized carbons (Fsp3) is 0.293. The lowest BCUT2D eigenvalue weighted by atomic mass is 9.92. The van der Waals surface area contributed by atoms with Gasteiger partial charge in [-0.2, -0.15) is 9.59 Å². The summed E-state index contributed by atoms with van der Waals surface area (Å²) >= 11 is 12.3. The molecule has 15 nitrogen and oxygen atoms in total. The largest absolute Gasteiger partial charge is 0.497 e. The van der Waals surface area contributed by atoms with Crippen molar-refractivity contribution in [2.75, 3.05) is 14.2 Å². The summed E-state index contributed by atoms with van der Waals surface area (Å²) in [6.07, 6.45) is 0. The van der Waals surface area contributed by atoms with Crippen molar-refractivity contribution in [3.63, 3.8) is 0 Å². The Hall–Kier alpha value is -6.19. The molecule has 0 aliphatic carbocycles. The molecule has 0 fully saturated rings. The molecule has 2 amide bonds. The number of rotatable bonds is 14. The van der Waals surface area contributed by atoms with Crippen molar-refractivity contribution in [1.29, 1.82) is 0 Å². The number of hydrogen-bond acceptors (Lipinski definition) is 11. The number of esters is 1. The highest BCUT2D eigenvalue weighted by Crippen LogP contribution is 2.23. The molecule has 2 N–H and O–H groups in total. The molecule has 0 aliphatic heterocycles. The van der Waals surface area contributed by atoms with E-state index in [1.807, 2.05) is 88.4 Å².